The fourth-order valence-corrected chi connectivity index (χ4v) is 3.00. The molecule has 0 saturated heterocycles. The summed E-state index contributed by atoms with van der Waals surface area (Å²) in [6, 6.07) is 0.0257. The van der Waals surface area contributed by atoms with Crippen LogP contribution < -0.4 is 10.6 Å². The van der Waals surface area contributed by atoms with Gasteiger partial charge in [-0.25, -0.2) is 4.79 Å². The maximum atomic E-state index is 11.9. The Labute approximate surface area is 125 Å². The van der Waals surface area contributed by atoms with Crippen molar-refractivity contribution >= 4 is 6.03 Å². The predicted octanol–water partition coefficient (Wildman–Crippen LogP) is 2.00. The van der Waals surface area contributed by atoms with Gasteiger partial charge >= 0.3 is 6.03 Å². The molecule has 21 heavy (non-hydrogen) atoms. The van der Waals surface area contributed by atoms with Crippen molar-refractivity contribution in [3.05, 3.63) is 17.0 Å². The molecule has 0 radical (unpaired) electrons. The number of amides is 2. The minimum absolute atomic E-state index is 0.144. The van der Waals surface area contributed by atoms with Crippen molar-refractivity contribution in [2.45, 2.75) is 64.5 Å². The van der Waals surface area contributed by atoms with Gasteiger partial charge in [0.25, 0.3) is 0 Å². The summed E-state index contributed by atoms with van der Waals surface area (Å²) < 4.78 is 5.15. The molecule has 1 aliphatic rings. The minimum atomic E-state index is -0.203. The first-order valence-electron chi connectivity index (χ1n) is 7.62. The molecule has 1 saturated carbocycles. The molecule has 1 heterocycles. The maximum Gasteiger partial charge on any atom is 0.315 e. The third kappa shape index (κ3) is 4.20. The molecule has 1 aromatic heterocycles. The summed E-state index contributed by atoms with van der Waals surface area (Å²) in [5, 5.41) is 19.3. The average molecular weight is 295 g/mol. The van der Waals surface area contributed by atoms with Crippen LogP contribution in [0.5, 0.6) is 0 Å². The van der Waals surface area contributed by atoms with E-state index >= 15 is 0 Å². The number of nitrogens with zero attached hydrogens (tertiary/aromatic N) is 1. The Kier molecular flexibility index (Phi) is 5.22. The number of hydrogen-bond donors (Lipinski definition) is 3. The number of urea groups is 1. The Hall–Kier alpha value is -1.56. The summed E-state index contributed by atoms with van der Waals surface area (Å²) in [7, 11) is 0. The highest BCUT2D eigenvalue weighted by Crippen LogP contribution is 2.22. The van der Waals surface area contributed by atoms with E-state index < -0.39 is 0 Å². The van der Waals surface area contributed by atoms with Gasteiger partial charge in [0.2, 0.25) is 0 Å². The van der Waals surface area contributed by atoms with Crippen LogP contribution in [-0.2, 0) is 0 Å². The van der Waals surface area contributed by atoms with Gasteiger partial charge in [-0.1, -0.05) is 12.1 Å². The second kappa shape index (κ2) is 6.93. The number of aromatic nitrogens is 1. The Balaban J connectivity index is 1.76. The van der Waals surface area contributed by atoms with Gasteiger partial charge in [-0.15, -0.1) is 0 Å². The topological polar surface area (TPSA) is 87.4 Å². The van der Waals surface area contributed by atoms with E-state index in [9.17, 15) is 9.90 Å². The van der Waals surface area contributed by atoms with Crippen molar-refractivity contribution in [3.63, 3.8) is 0 Å². The van der Waals surface area contributed by atoms with E-state index in [4.69, 9.17) is 4.52 Å². The molecule has 0 bridgehead atoms. The molecule has 0 spiro atoms. The zero-order chi connectivity index (χ0) is 15.4. The molecule has 0 aliphatic heterocycles. The number of aryl methyl sites for hydroxylation is 2. The summed E-state index contributed by atoms with van der Waals surface area (Å²) in [4.78, 5) is 11.9. The third-order valence-corrected chi connectivity index (χ3v) is 4.18. The summed E-state index contributed by atoms with van der Waals surface area (Å²) in [6.07, 6.45) is 3.01. The summed E-state index contributed by atoms with van der Waals surface area (Å²) in [5.41, 5.74) is 1.94. The van der Waals surface area contributed by atoms with Gasteiger partial charge in [0.1, 0.15) is 5.76 Å². The normalized spacial score (nSPS) is 23.6. The fourth-order valence-electron chi connectivity index (χ4n) is 3.00. The Bertz CT molecular complexity index is 459. The number of carbonyl (C=O) groups excluding carboxylic acids is 1. The lowest BCUT2D eigenvalue weighted by Gasteiger charge is -2.26. The van der Waals surface area contributed by atoms with Crippen LogP contribution in [0.15, 0.2) is 4.52 Å². The molecule has 6 heteroatoms. The van der Waals surface area contributed by atoms with Gasteiger partial charge in [0, 0.05) is 24.1 Å². The van der Waals surface area contributed by atoms with Gasteiger partial charge in [-0.2, -0.15) is 0 Å². The second-order valence-electron chi connectivity index (χ2n) is 6.00. The van der Waals surface area contributed by atoms with E-state index in [-0.39, 0.29) is 24.1 Å². The van der Waals surface area contributed by atoms with Gasteiger partial charge < -0.3 is 20.3 Å². The molecule has 1 unspecified atom stereocenters. The molecule has 118 valence electrons. The number of carbonyl (C=O) groups is 1. The van der Waals surface area contributed by atoms with Gasteiger partial charge in [0.15, 0.2) is 0 Å². The zero-order valence-electron chi connectivity index (χ0n) is 13.0. The predicted molar refractivity (Wildman–Crippen MR) is 79.2 cm³/mol. The quantitative estimate of drug-likeness (QED) is 0.793. The van der Waals surface area contributed by atoms with Crippen LogP contribution in [0.25, 0.3) is 0 Å². The molecule has 1 atom stereocenters. The number of rotatable bonds is 4. The average Bonchev–Trinajstić information content (AvgIpc) is 2.78. The fraction of sp³-hybridized carbons (Fsp3) is 0.733. The van der Waals surface area contributed by atoms with Gasteiger partial charge in [-0.05, 0) is 39.5 Å². The molecule has 2 amide bonds. The molecule has 2 rings (SSSR count). The van der Waals surface area contributed by atoms with Gasteiger partial charge in [-0.3, -0.25) is 0 Å². The van der Waals surface area contributed by atoms with E-state index in [0.717, 1.165) is 42.7 Å². The van der Waals surface area contributed by atoms with Crippen molar-refractivity contribution in [2.75, 3.05) is 6.54 Å². The summed E-state index contributed by atoms with van der Waals surface area (Å²) in [6.45, 7) is 6.39. The van der Waals surface area contributed by atoms with E-state index in [1.807, 2.05) is 20.8 Å². The van der Waals surface area contributed by atoms with E-state index in [0.29, 0.717) is 6.54 Å². The van der Waals surface area contributed by atoms with Crippen LogP contribution in [-0.4, -0.2) is 35.0 Å². The van der Waals surface area contributed by atoms with Crippen molar-refractivity contribution < 1.29 is 14.4 Å². The zero-order valence-corrected chi connectivity index (χ0v) is 13.0. The van der Waals surface area contributed by atoms with Crippen LogP contribution in [0.4, 0.5) is 4.79 Å². The lowest BCUT2D eigenvalue weighted by atomic mass is 9.93. The smallest absolute Gasteiger partial charge is 0.315 e. The highest BCUT2D eigenvalue weighted by molar-refractivity contribution is 5.74. The Morgan fingerprint density at radius 1 is 1.38 bits per heavy atom. The van der Waals surface area contributed by atoms with Gasteiger partial charge in [0.05, 0.1) is 11.8 Å². The minimum Gasteiger partial charge on any atom is -0.393 e. The molecule has 1 aromatic rings. The first-order valence-corrected chi connectivity index (χ1v) is 7.62. The molecule has 3 N–H and O–H groups in total. The van der Waals surface area contributed by atoms with Crippen molar-refractivity contribution in [3.8, 4) is 0 Å². The first-order chi connectivity index (χ1) is 9.97. The van der Waals surface area contributed by atoms with E-state index in [1.165, 1.54) is 0 Å². The molecule has 6 nitrogen and oxygen atoms in total. The molecule has 0 aromatic carbocycles. The third-order valence-electron chi connectivity index (χ3n) is 4.18. The van der Waals surface area contributed by atoms with Crippen LogP contribution in [0.1, 0.15) is 55.5 Å². The molecular formula is C15H25N3O3. The molecular weight excluding hydrogens is 270 g/mol. The summed E-state index contributed by atoms with van der Waals surface area (Å²) >= 11 is 0. The van der Waals surface area contributed by atoms with E-state index in [2.05, 4.69) is 15.8 Å². The SMILES string of the molecule is Cc1noc(C)c1C(C)CNC(=O)NC1CCC(O)CC1. The summed E-state index contributed by atoms with van der Waals surface area (Å²) in [5.74, 6) is 0.971. The van der Waals surface area contributed by atoms with Crippen LogP contribution in [0, 0.1) is 13.8 Å². The maximum absolute atomic E-state index is 11.9. The van der Waals surface area contributed by atoms with Crippen molar-refractivity contribution in [1.29, 1.82) is 0 Å². The standard InChI is InChI=1S/C15H25N3O3/c1-9(14-10(2)18-21-11(14)3)8-16-15(20)17-12-4-6-13(19)7-5-12/h9,12-13,19H,4-8H2,1-3H3,(H2,16,17,20). The monoisotopic (exact) mass is 295 g/mol. The lowest BCUT2D eigenvalue weighted by molar-refractivity contribution is 0.117. The van der Waals surface area contributed by atoms with Crippen LogP contribution in [0.3, 0.4) is 0 Å². The Morgan fingerprint density at radius 3 is 2.62 bits per heavy atom. The van der Waals surface area contributed by atoms with Crippen molar-refractivity contribution in [2.24, 2.45) is 0 Å². The lowest BCUT2D eigenvalue weighted by Crippen LogP contribution is -2.45. The van der Waals surface area contributed by atoms with Crippen molar-refractivity contribution in [1.82, 2.24) is 15.8 Å². The van der Waals surface area contributed by atoms with Crippen LogP contribution >= 0.6 is 0 Å². The van der Waals surface area contributed by atoms with E-state index in [1.54, 1.807) is 0 Å². The first kappa shape index (κ1) is 15.8. The molecule has 1 fully saturated rings. The number of aliphatic hydroxyl groups excluding tert-OH is 1. The molecule has 1 aliphatic carbocycles. The second-order valence-corrected chi connectivity index (χ2v) is 6.00. The Morgan fingerprint density at radius 2 is 2.05 bits per heavy atom. The largest absolute Gasteiger partial charge is 0.393 e. The number of aliphatic hydroxyl groups is 1. The highest BCUT2D eigenvalue weighted by atomic mass is 16.5. The number of nitrogens with one attached hydrogen (secondary N) is 2. The highest BCUT2D eigenvalue weighted by Gasteiger charge is 2.21. The number of hydrogen-bond acceptors (Lipinski definition) is 4. The van der Waals surface area contributed by atoms with Crippen LogP contribution in [0.2, 0.25) is 0 Å².